The number of rotatable bonds is 4. The molecule has 2 aromatic rings. The number of hydrazine groups is 1. The molecule has 0 saturated carbocycles. The molecule has 0 atom stereocenters. The molecule has 0 spiro atoms. The summed E-state index contributed by atoms with van der Waals surface area (Å²) in [5.41, 5.74) is 3.65. The molecule has 0 bridgehead atoms. The average Bonchev–Trinajstić information content (AvgIpc) is 3.09. The molecular weight excluding hydrogens is 322 g/mol. The lowest BCUT2D eigenvalue weighted by Crippen LogP contribution is -2.40. The molecule has 1 saturated heterocycles. The maximum atomic E-state index is 12.0. The number of thiazole rings is 1. The number of nitrogens with zero attached hydrogens (tertiary/aromatic N) is 2. The van der Waals surface area contributed by atoms with E-state index >= 15 is 0 Å². The first-order valence-corrected chi connectivity index (χ1v) is 7.87. The van der Waals surface area contributed by atoms with Crippen molar-refractivity contribution in [3.8, 4) is 10.6 Å². The molecule has 1 fully saturated rings. The van der Waals surface area contributed by atoms with Crippen molar-refractivity contribution in [1.82, 2.24) is 15.4 Å². The van der Waals surface area contributed by atoms with Gasteiger partial charge in [0.05, 0.1) is 10.6 Å². The van der Waals surface area contributed by atoms with Crippen LogP contribution in [0.3, 0.4) is 0 Å². The van der Waals surface area contributed by atoms with Gasteiger partial charge in [-0.2, -0.15) is 5.01 Å². The smallest absolute Gasteiger partial charge is 0.277 e. The molecule has 1 aliphatic heterocycles. The summed E-state index contributed by atoms with van der Waals surface area (Å²) in [6, 6.07) is 9.67. The van der Waals surface area contributed by atoms with Gasteiger partial charge in [0.2, 0.25) is 6.41 Å². The number of benzene rings is 1. The summed E-state index contributed by atoms with van der Waals surface area (Å²) in [7, 11) is 0. The quantitative estimate of drug-likeness (QED) is 0.688. The molecule has 1 N–H and O–H groups in total. The van der Waals surface area contributed by atoms with Crippen molar-refractivity contribution in [3.05, 3.63) is 46.3 Å². The maximum absolute atomic E-state index is 12.0. The van der Waals surface area contributed by atoms with E-state index in [0.717, 1.165) is 22.3 Å². The van der Waals surface area contributed by atoms with Gasteiger partial charge in [0, 0.05) is 10.9 Å². The molecule has 0 unspecified atom stereocenters. The second-order valence-corrected chi connectivity index (χ2v) is 6.06. The van der Waals surface area contributed by atoms with Gasteiger partial charge < -0.3 is 0 Å². The van der Waals surface area contributed by atoms with Crippen molar-refractivity contribution in [2.45, 2.75) is 0 Å². The fourth-order valence-corrected chi connectivity index (χ4v) is 3.39. The number of aromatic nitrogens is 1. The van der Waals surface area contributed by atoms with Crippen molar-refractivity contribution in [3.63, 3.8) is 0 Å². The van der Waals surface area contributed by atoms with Gasteiger partial charge in [-0.15, -0.1) is 11.3 Å². The van der Waals surface area contributed by atoms with Crippen LogP contribution in [-0.2, 0) is 9.59 Å². The molecule has 0 radical (unpaired) electrons. The average molecular weight is 331 g/mol. The minimum Gasteiger partial charge on any atom is -0.277 e. The Morgan fingerprint density at radius 1 is 1.18 bits per heavy atom. The first kappa shape index (κ1) is 14.5. The number of carbonyl (C=O) groups is 3. The minimum absolute atomic E-state index is 0.226. The number of carbonyl (C=O) groups excluding carboxylic acids is 3. The van der Waals surface area contributed by atoms with Gasteiger partial charge >= 0.3 is 5.24 Å². The molecule has 22 heavy (non-hydrogen) atoms. The zero-order valence-corrected chi connectivity index (χ0v) is 12.7. The highest BCUT2D eigenvalue weighted by molar-refractivity contribution is 8.18. The molecule has 110 valence electrons. The van der Waals surface area contributed by atoms with Crippen LogP contribution in [0.2, 0.25) is 0 Å². The lowest BCUT2D eigenvalue weighted by molar-refractivity contribution is -0.128. The van der Waals surface area contributed by atoms with Crippen LogP contribution >= 0.6 is 23.1 Å². The Kier molecular flexibility index (Phi) is 4.03. The molecule has 3 amide bonds. The predicted molar refractivity (Wildman–Crippen MR) is 84.6 cm³/mol. The molecule has 3 rings (SSSR count). The maximum Gasteiger partial charge on any atom is 0.312 e. The third-order valence-corrected chi connectivity index (χ3v) is 4.58. The van der Waals surface area contributed by atoms with E-state index in [4.69, 9.17) is 0 Å². The normalized spacial score (nSPS) is 16.4. The van der Waals surface area contributed by atoms with E-state index in [1.54, 1.807) is 6.08 Å². The Balaban J connectivity index is 1.85. The van der Waals surface area contributed by atoms with Crippen LogP contribution in [0.4, 0.5) is 4.79 Å². The summed E-state index contributed by atoms with van der Waals surface area (Å²) >= 11 is 2.22. The van der Waals surface area contributed by atoms with Crippen LogP contribution < -0.4 is 5.43 Å². The number of amides is 3. The van der Waals surface area contributed by atoms with Crippen molar-refractivity contribution >= 4 is 46.7 Å². The Hall–Kier alpha value is -2.45. The first-order valence-electron chi connectivity index (χ1n) is 6.18. The largest absolute Gasteiger partial charge is 0.312 e. The Morgan fingerprint density at radius 3 is 2.68 bits per heavy atom. The zero-order valence-electron chi connectivity index (χ0n) is 11.1. The molecule has 1 aromatic carbocycles. The van der Waals surface area contributed by atoms with E-state index < -0.39 is 11.1 Å². The molecule has 1 aliphatic rings. The fraction of sp³-hybridized carbons (Fsp3) is 0. The predicted octanol–water partition coefficient (Wildman–Crippen LogP) is 2.51. The third kappa shape index (κ3) is 2.78. The molecular formula is C14H9N3O3S2. The molecule has 1 aromatic heterocycles. The van der Waals surface area contributed by atoms with Gasteiger partial charge in [0.15, 0.2) is 0 Å². The summed E-state index contributed by atoms with van der Waals surface area (Å²) in [6.07, 6.45) is 1.83. The van der Waals surface area contributed by atoms with Crippen LogP contribution in [-0.4, -0.2) is 27.5 Å². The summed E-state index contributed by atoms with van der Waals surface area (Å²) in [6.45, 7) is 0. The van der Waals surface area contributed by atoms with Gasteiger partial charge in [0.1, 0.15) is 5.01 Å². The van der Waals surface area contributed by atoms with Gasteiger partial charge in [-0.05, 0) is 17.8 Å². The number of hydrogen-bond acceptors (Lipinski definition) is 6. The number of nitrogens with one attached hydrogen (secondary N) is 1. The monoisotopic (exact) mass is 331 g/mol. The van der Waals surface area contributed by atoms with Crippen LogP contribution in [0.5, 0.6) is 0 Å². The summed E-state index contributed by atoms with van der Waals surface area (Å²) < 4.78 is 0. The Bertz CT molecular complexity index is 771. The van der Waals surface area contributed by atoms with E-state index in [1.807, 2.05) is 35.7 Å². The second kappa shape index (κ2) is 6.12. The number of hydrogen-bond donors (Lipinski definition) is 1. The highest BCUT2D eigenvalue weighted by atomic mass is 32.2. The van der Waals surface area contributed by atoms with Gasteiger partial charge in [-0.3, -0.25) is 19.8 Å². The number of imide groups is 1. The first-order chi connectivity index (χ1) is 10.7. The topological polar surface area (TPSA) is 79.4 Å². The van der Waals surface area contributed by atoms with Crippen molar-refractivity contribution < 1.29 is 14.4 Å². The van der Waals surface area contributed by atoms with Crippen molar-refractivity contribution in [1.29, 1.82) is 0 Å². The standard InChI is InChI=1S/C14H9N3O3S2/c18-8-15-17-13(19)11(22-14(17)20)6-10-7-21-12(16-10)9-4-2-1-3-5-9/h1-8H,(H,15,18)/b11-6-. The van der Waals surface area contributed by atoms with Gasteiger partial charge in [-0.1, -0.05) is 30.3 Å². The summed E-state index contributed by atoms with van der Waals surface area (Å²) in [5.74, 6) is -0.559. The van der Waals surface area contributed by atoms with E-state index in [2.05, 4.69) is 10.4 Å². The summed E-state index contributed by atoms with van der Waals surface area (Å²) in [5, 5.41) is 2.77. The lowest BCUT2D eigenvalue weighted by Gasteiger charge is -2.07. The fourth-order valence-electron chi connectivity index (χ4n) is 1.83. The molecule has 2 heterocycles. The minimum atomic E-state index is -0.559. The highest BCUT2D eigenvalue weighted by Crippen LogP contribution is 2.32. The van der Waals surface area contributed by atoms with E-state index in [9.17, 15) is 14.4 Å². The van der Waals surface area contributed by atoms with Gasteiger partial charge in [-0.25, -0.2) is 4.98 Å². The molecule has 6 nitrogen and oxygen atoms in total. The number of thioether (sulfide) groups is 1. The van der Waals surface area contributed by atoms with Crippen LogP contribution in [0.1, 0.15) is 5.69 Å². The lowest BCUT2D eigenvalue weighted by atomic mass is 10.2. The van der Waals surface area contributed by atoms with Crippen LogP contribution in [0, 0.1) is 0 Å². The highest BCUT2D eigenvalue weighted by Gasteiger charge is 2.35. The Labute approximate surface area is 133 Å². The van der Waals surface area contributed by atoms with E-state index in [-0.39, 0.29) is 11.3 Å². The van der Waals surface area contributed by atoms with Crippen molar-refractivity contribution in [2.24, 2.45) is 0 Å². The SMILES string of the molecule is O=CNN1C(=O)S/C(=C\c2csc(-c3ccccc3)n2)C1=O. The third-order valence-electron chi connectivity index (χ3n) is 2.80. The molecule has 0 aliphatic carbocycles. The second-order valence-electron chi connectivity index (χ2n) is 4.21. The van der Waals surface area contributed by atoms with Gasteiger partial charge in [0.25, 0.3) is 5.91 Å². The molecule has 8 heteroatoms. The Morgan fingerprint density at radius 2 is 1.95 bits per heavy atom. The summed E-state index contributed by atoms with van der Waals surface area (Å²) in [4.78, 5) is 38.6. The van der Waals surface area contributed by atoms with Crippen LogP contribution in [0.15, 0.2) is 40.6 Å². The van der Waals surface area contributed by atoms with E-state index in [1.165, 1.54) is 11.3 Å². The van der Waals surface area contributed by atoms with E-state index in [0.29, 0.717) is 10.7 Å². The van der Waals surface area contributed by atoms with Crippen LogP contribution in [0.25, 0.3) is 16.6 Å². The zero-order chi connectivity index (χ0) is 15.5. The van der Waals surface area contributed by atoms with Crippen molar-refractivity contribution in [2.75, 3.05) is 0 Å².